The normalized spacial score (nSPS) is 11.9. The van der Waals surface area contributed by atoms with Gasteiger partial charge in [-0.2, -0.15) is 0 Å². The second-order valence-corrected chi connectivity index (χ2v) is 15.8. The predicted molar refractivity (Wildman–Crippen MR) is 254 cm³/mol. The number of furan rings is 1. The summed E-state index contributed by atoms with van der Waals surface area (Å²) in [5, 5.41) is 16.5. The van der Waals surface area contributed by atoms with Gasteiger partial charge in [0.05, 0.1) is 33.4 Å². The Bertz CT molecular complexity index is 3810. The highest BCUT2D eigenvalue weighted by Gasteiger charge is 2.23. The summed E-state index contributed by atoms with van der Waals surface area (Å²) in [7, 11) is 0. The summed E-state index contributed by atoms with van der Waals surface area (Å²) in [6.07, 6.45) is 0. The van der Waals surface area contributed by atoms with Crippen molar-refractivity contribution in [2.45, 2.75) is 0 Å². The lowest BCUT2D eigenvalue weighted by molar-refractivity contribution is 0.671. The van der Waals surface area contributed by atoms with Crippen molar-refractivity contribution in [1.29, 1.82) is 0 Å². The number of hydrogen-bond acceptors (Lipinski definition) is 3. The molecule has 290 valence electrons. The second-order valence-electron chi connectivity index (χ2n) is 15.8. The highest BCUT2D eigenvalue weighted by Crippen LogP contribution is 2.43. The van der Waals surface area contributed by atoms with Crippen LogP contribution in [0.3, 0.4) is 0 Å². The molecule has 0 fully saturated rings. The van der Waals surface area contributed by atoms with Crippen LogP contribution in [-0.2, 0) is 0 Å². The van der Waals surface area contributed by atoms with Gasteiger partial charge in [-0.1, -0.05) is 158 Å². The van der Waals surface area contributed by atoms with E-state index in [1.54, 1.807) is 0 Å². The van der Waals surface area contributed by atoms with Gasteiger partial charge in [0.2, 0.25) is 0 Å². The van der Waals surface area contributed by atoms with E-state index in [-0.39, 0.29) is 0 Å². The van der Waals surface area contributed by atoms with Gasteiger partial charge in [0.1, 0.15) is 5.58 Å². The van der Waals surface area contributed by atoms with Gasteiger partial charge >= 0.3 is 0 Å². The Morgan fingerprint density at radius 2 is 0.887 bits per heavy atom. The first kappa shape index (κ1) is 34.4. The quantitative estimate of drug-likeness (QED) is 0.168. The van der Waals surface area contributed by atoms with Crippen LogP contribution in [0.15, 0.2) is 217 Å². The number of aromatic nitrogens is 5. The van der Waals surface area contributed by atoms with Gasteiger partial charge in [-0.3, -0.25) is 4.57 Å². The molecule has 0 atom stereocenters. The third kappa shape index (κ3) is 5.10. The van der Waals surface area contributed by atoms with E-state index in [4.69, 9.17) is 14.6 Å². The van der Waals surface area contributed by atoms with Crippen LogP contribution < -0.4 is 0 Å². The zero-order valence-electron chi connectivity index (χ0n) is 33.4. The molecule has 0 N–H and O–H groups in total. The van der Waals surface area contributed by atoms with E-state index < -0.39 is 0 Å². The molecule has 0 saturated carbocycles. The maximum atomic E-state index is 6.72. The lowest BCUT2D eigenvalue weighted by atomic mass is 10.0. The van der Waals surface area contributed by atoms with Crippen molar-refractivity contribution < 1.29 is 4.42 Å². The van der Waals surface area contributed by atoms with Gasteiger partial charge in [0, 0.05) is 54.7 Å². The molecule has 0 amide bonds. The standard InChI is InChI=1S/C56H35N5O/c1-3-16-36(17-4-1)55-57-58-56(37-18-5-2-6-19-37)60(55)40-30-31-44-42-23-8-12-27-49(42)59(51(44)35-40)39-21-15-20-38(34-39)41-22-7-11-26-48(41)61-50-28-13-9-24-43(50)46-32-33-47-45-25-10-14-29-52(45)62-54(47)53(46)61/h1-35H. The van der Waals surface area contributed by atoms with Crippen LogP contribution in [0.5, 0.6) is 0 Å². The molecule has 13 rings (SSSR count). The molecule has 0 aliphatic carbocycles. The zero-order valence-corrected chi connectivity index (χ0v) is 33.4. The van der Waals surface area contributed by atoms with E-state index in [2.05, 4.69) is 184 Å². The molecule has 13 aromatic rings. The van der Waals surface area contributed by atoms with E-state index in [0.717, 1.165) is 100 Å². The fraction of sp³-hybridized carbons (Fsp3) is 0. The van der Waals surface area contributed by atoms with Crippen molar-refractivity contribution in [3.05, 3.63) is 212 Å². The zero-order chi connectivity index (χ0) is 40.7. The molecule has 4 aromatic heterocycles. The van der Waals surface area contributed by atoms with E-state index in [1.165, 1.54) is 16.2 Å². The maximum Gasteiger partial charge on any atom is 0.168 e. The SMILES string of the molecule is c1ccc(-c2nnc(-c3ccccc3)n2-c2ccc3c4ccccc4n(-c4cccc(-c5ccccc5-n5c6ccccc6c6ccc7c8ccccc8oc7c65)c4)c3c2)cc1. The highest BCUT2D eigenvalue weighted by atomic mass is 16.3. The van der Waals surface area contributed by atoms with Crippen LogP contribution in [-0.4, -0.2) is 23.9 Å². The van der Waals surface area contributed by atoms with Crippen LogP contribution in [0, 0.1) is 0 Å². The summed E-state index contributed by atoms with van der Waals surface area (Å²) >= 11 is 0. The fourth-order valence-corrected chi connectivity index (χ4v) is 9.66. The summed E-state index contributed by atoms with van der Waals surface area (Å²) in [4.78, 5) is 0. The number of nitrogens with zero attached hydrogens (tertiary/aromatic N) is 5. The van der Waals surface area contributed by atoms with E-state index in [1.807, 2.05) is 42.5 Å². The first-order valence-corrected chi connectivity index (χ1v) is 20.9. The molecular formula is C56H35N5O. The maximum absolute atomic E-state index is 6.72. The summed E-state index contributed by atoms with van der Waals surface area (Å²) in [6.45, 7) is 0. The number of benzene rings is 9. The van der Waals surface area contributed by atoms with E-state index in [9.17, 15) is 0 Å². The molecule has 0 aliphatic heterocycles. The van der Waals surface area contributed by atoms with Crippen molar-refractivity contribution in [3.63, 3.8) is 0 Å². The molecule has 62 heavy (non-hydrogen) atoms. The molecule has 0 spiro atoms. The third-order valence-electron chi connectivity index (χ3n) is 12.4. The molecule has 0 radical (unpaired) electrons. The number of para-hydroxylation sites is 4. The Balaban J connectivity index is 1.03. The van der Waals surface area contributed by atoms with Crippen LogP contribution >= 0.6 is 0 Å². The first-order chi connectivity index (χ1) is 30.8. The molecular weight excluding hydrogens is 759 g/mol. The predicted octanol–water partition coefficient (Wildman–Crippen LogP) is 14.4. The Morgan fingerprint density at radius 1 is 0.339 bits per heavy atom. The summed E-state index contributed by atoms with van der Waals surface area (Å²) in [5.41, 5.74) is 13.6. The van der Waals surface area contributed by atoms with Crippen LogP contribution in [0.4, 0.5) is 0 Å². The lowest BCUT2D eigenvalue weighted by Gasteiger charge is -2.16. The Kier molecular flexibility index (Phi) is 7.50. The minimum Gasteiger partial charge on any atom is -0.454 e. The van der Waals surface area contributed by atoms with Gasteiger partial charge in [-0.25, -0.2) is 0 Å². The van der Waals surface area contributed by atoms with Gasteiger partial charge in [-0.15, -0.1) is 10.2 Å². The lowest BCUT2D eigenvalue weighted by Crippen LogP contribution is -2.01. The Hall–Kier alpha value is -8.48. The van der Waals surface area contributed by atoms with E-state index >= 15 is 0 Å². The average molecular weight is 794 g/mol. The van der Waals surface area contributed by atoms with Gasteiger partial charge in [0.25, 0.3) is 0 Å². The average Bonchev–Trinajstić information content (AvgIpc) is 4.12. The number of fused-ring (bicyclic) bond motifs is 10. The topological polar surface area (TPSA) is 53.7 Å². The molecule has 9 aromatic carbocycles. The molecule has 6 nitrogen and oxygen atoms in total. The number of rotatable bonds is 6. The summed E-state index contributed by atoms with van der Waals surface area (Å²) in [6, 6.07) is 75.1. The van der Waals surface area contributed by atoms with E-state index in [0.29, 0.717) is 0 Å². The Morgan fingerprint density at radius 3 is 1.65 bits per heavy atom. The van der Waals surface area contributed by atoms with Gasteiger partial charge < -0.3 is 13.6 Å². The van der Waals surface area contributed by atoms with Crippen LogP contribution in [0.1, 0.15) is 0 Å². The van der Waals surface area contributed by atoms with Crippen molar-refractivity contribution in [3.8, 4) is 51.0 Å². The third-order valence-corrected chi connectivity index (χ3v) is 12.4. The molecule has 0 bridgehead atoms. The molecule has 0 unspecified atom stereocenters. The monoisotopic (exact) mass is 793 g/mol. The molecule has 0 aliphatic rings. The van der Waals surface area contributed by atoms with Crippen LogP contribution in [0.2, 0.25) is 0 Å². The second kappa shape index (κ2) is 13.5. The highest BCUT2D eigenvalue weighted by molar-refractivity contribution is 6.21. The van der Waals surface area contributed by atoms with Crippen molar-refractivity contribution in [1.82, 2.24) is 23.9 Å². The molecule has 0 saturated heterocycles. The summed E-state index contributed by atoms with van der Waals surface area (Å²) in [5.74, 6) is 1.57. The minimum atomic E-state index is 0.787. The first-order valence-electron chi connectivity index (χ1n) is 20.9. The van der Waals surface area contributed by atoms with Gasteiger partial charge in [-0.05, 0) is 60.2 Å². The fourth-order valence-electron chi connectivity index (χ4n) is 9.66. The molecule has 6 heteroatoms. The van der Waals surface area contributed by atoms with Crippen molar-refractivity contribution in [2.24, 2.45) is 0 Å². The van der Waals surface area contributed by atoms with Crippen molar-refractivity contribution >= 4 is 65.6 Å². The number of hydrogen-bond donors (Lipinski definition) is 0. The molecule has 4 heterocycles. The van der Waals surface area contributed by atoms with Gasteiger partial charge in [0.15, 0.2) is 17.2 Å². The smallest absolute Gasteiger partial charge is 0.168 e. The minimum absolute atomic E-state index is 0.787. The largest absolute Gasteiger partial charge is 0.454 e. The van der Waals surface area contributed by atoms with Crippen LogP contribution in [0.25, 0.3) is 117 Å². The summed E-state index contributed by atoms with van der Waals surface area (Å²) < 4.78 is 13.7. The Labute approximate surface area is 355 Å². The van der Waals surface area contributed by atoms with Crippen molar-refractivity contribution in [2.75, 3.05) is 0 Å².